The van der Waals surface area contributed by atoms with Crippen LogP contribution >= 0.6 is 15.9 Å². The predicted octanol–water partition coefficient (Wildman–Crippen LogP) is 4.16. The van der Waals surface area contributed by atoms with Gasteiger partial charge in [-0.25, -0.2) is 4.39 Å². The molecular formula is C16H18BrFN2. The predicted molar refractivity (Wildman–Crippen MR) is 82.1 cm³/mol. The third kappa shape index (κ3) is 2.81. The SMILES string of the molecule is NC1CCCCc2cn(Cc3ccc(F)cc3Br)cc21. The molecule has 0 saturated carbocycles. The number of rotatable bonds is 2. The van der Waals surface area contributed by atoms with Crippen LogP contribution < -0.4 is 5.73 Å². The minimum atomic E-state index is -0.217. The lowest BCUT2D eigenvalue weighted by Gasteiger charge is -2.08. The zero-order valence-electron chi connectivity index (χ0n) is 11.3. The van der Waals surface area contributed by atoms with E-state index in [1.807, 2.05) is 6.07 Å². The molecule has 0 amide bonds. The third-order valence-corrected chi connectivity index (χ3v) is 4.71. The monoisotopic (exact) mass is 336 g/mol. The van der Waals surface area contributed by atoms with E-state index in [9.17, 15) is 4.39 Å². The molecule has 1 aromatic carbocycles. The highest BCUT2D eigenvalue weighted by Crippen LogP contribution is 2.28. The Morgan fingerprint density at radius 3 is 2.95 bits per heavy atom. The normalized spacial score (nSPS) is 18.6. The Kier molecular flexibility index (Phi) is 3.94. The summed E-state index contributed by atoms with van der Waals surface area (Å²) in [7, 11) is 0. The molecule has 1 aliphatic carbocycles. The van der Waals surface area contributed by atoms with Gasteiger partial charge in [0.05, 0.1) is 0 Å². The minimum Gasteiger partial charge on any atom is -0.349 e. The van der Waals surface area contributed by atoms with Crippen molar-refractivity contribution in [3.05, 3.63) is 57.6 Å². The fourth-order valence-corrected chi connectivity index (χ4v) is 3.37. The van der Waals surface area contributed by atoms with Gasteiger partial charge in [0.2, 0.25) is 0 Å². The highest BCUT2D eigenvalue weighted by Gasteiger charge is 2.17. The summed E-state index contributed by atoms with van der Waals surface area (Å²) >= 11 is 3.42. The fraction of sp³-hybridized carbons (Fsp3) is 0.375. The van der Waals surface area contributed by atoms with Gasteiger partial charge in [-0.15, -0.1) is 0 Å². The molecule has 1 unspecified atom stereocenters. The maximum absolute atomic E-state index is 13.1. The van der Waals surface area contributed by atoms with Crippen LogP contribution in [0.1, 0.15) is 42.0 Å². The standard InChI is InChI=1S/C16H18BrFN2/c17-15-7-13(18)6-5-12(15)9-20-8-11-3-1-2-4-16(19)14(11)10-20/h5-8,10,16H,1-4,9,19H2. The number of benzene rings is 1. The van der Waals surface area contributed by atoms with Crippen LogP contribution in [0.15, 0.2) is 35.1 Å². The first-order chi connectivity index (χ1) is 9.63. The van der Waals surface area contributed by atoms with Gasteiger partial charge in [0.25, 0.3) is 0 Å². The number of halogens is 2. The highest BCUT2D eigenvalue weighted by molar-refractivity contribution is 9.10. The second-order valence-electron chi connectivity index (χ2n) is 5.50. The quantitative estimate of drug-likeness (QED) is 0.820. The lowest BCUT2D eigenvalue weighted by molar-refractivity contribution is 0.609. The summed E-state index contributed by atoms with van der Waals surface area (Å²) in [6.45, 7) is 0.737. The molecule has 1 atom stereocenters. The molecule has 2 aromatic rings. The molecule has 0 radical (unpaired) electrons. The average Bonchev–Trinajstić information content (AvgIpc) is 2.73. The maximum Gasteiger partial charge on any atom is 0.124 e. The van der Waals surface area contributed by atoms with Gasteiger partial charge in [-0.2, -0.15) is 0 Å². The van der Waals surface area contributed by atoms with E-state index in [2.05, 4.69) is 32.9 Å². The Balaban J connectivity index is 1.87. The molecular weight excluding hydrogens is 319 g/mol. The van der Waals surface area contributed by atoms with Crippen LogP contribution in [0, 0.1) is 5.82 Å². The Morgan fingerprint density at radius 1 is 1.30 bits per heavy atom. The molecule has 0 bridgehead atoms. The molecule has 1 aromatic heterocycles. The number of fused-ring (bicyclic) bond motifs is 1. The number of hydrogen-bond donors (Lipinski definition) is 1. The zero-order valence-corrected chi connectivity index (χ0v) is 12.9. The van der Waals surface area contributed by atoms with Crippen molar-refractivity contribution in [2.24, 2.45) is 5.73 Å². The smallest absolute Gasteiger partial charge is 0.124 e. The van der Waals surface area contributed by atoms with Crippen molar-refractivity contribution in [2.45, 2.75) is 38.3 Å². The van der Waals surface area contributed by atoms with Crippen LogP contribution in [-0.4, -0.2) is 4.57 Å². The van der Waals surface area contributed by atoms with E-state index in [1.165, 1.54) is 36.1 Å². The van der Waals surface area contributed by atoms with E-state index >= 15 is 0 Å². The maximum atomic E-state index is 13.1. The van der Waals surface area contributed by atoms with Crippen LogP contribution in [0.25, 0.3) is 0 Å². The summed E-state index contributed by atoms with van der Waals surface area (Å²) in [4.78, 5) is 0. The van der Waals surface area contributed by atoms with Gasteiger partial charge < -0.3 is 10.3 Å². The molecule has 0 spiro atoms. The fourth-order valence-electron chi connectivity index (χ4n) is 2.89. The first-order valence-electron chi connectivity index (χ1n) is 7.01. The van der Waals surface area contributed by atoms with Crippen molar-refractivity contribution >= 4 is 15.9 Å². The van der Waals surface area contributed by atoms with Gasteiger partial charge in [0.1, 0.15) is 5.82 Å². The van der Waals surface area contributed by atoms with E-state index in [0.717, 1.165) is 29.4 Å². The first kappa shape index (κ1) is 13.8. The molecule has 20 heavy (non-hydrogen) atoms. The van der Waals surface area contributed by atoms with Crippen molar-refractivity contribution in [2.75, 3.05) is 0 Å². The second kappa shape index (κ2) is 5.70. The number of nitrogens with zero attached hydrogens (tertiary/aromatic N) is 1. The summed E-state index contributed by atoms with van der Waals surface area (Å²) in [6, 6.07) is 4.99. The Bertz CT molecular complexity index is 621. The first-order valence-corrected chi connectivity index (χ1v) is 7.81. The molecule has 3 rings (SSSR count). The molecule has 1 heterocycles. The summed E-state index contributed by atoms with van der Waals surface area (Å²) in [5, 5.41) is 0. The van der Waals surface area contributed by atoms with Gasteiger partial charge >= 0.3 is 0 Å². The van der Waals surface area contributed by atoms with Crippen LogP contribution in [0.3, 0.4) is 0 Å². The van der Waals surface area contributed by atoms with Crippen LogP contribution in [0.2, 0.25) is 0 Å². The van der Waals surface area contributed by atoms with E-state index < -0.39 is 0 Å². The number of aryl methyl sites for hydroxylation is 1. The molecule has 106 valence electrons. The molecule has 4 heteroatoms. The Labute approximate surface area is 126 Å². The van der Waals surface area contributed by atoms with Crippen molar-refractivity contribution in [3.63, 3.8) is 0 Å². The van der Waals surface area contributed by atoms with Gasteiger partial charge in [-0.05, 0) is 48.1 Å². The van der Waals surface area contributed by atoms with E-state index in [0.29, 0.717) is 0 Å². The highest BCUT2D eigenvalue weighted by atomic mass is 79.9. The topological polar surface area (TPSA) is 30.9 Å². The summed E-state index contributed by atoms with van der Waals surface area (Å²) in [5.41, 5.74) is 9.95. The number of aromatic nitrogens is 1. The van der Waals surface area contributed by atoms with Crippen molar-refractivity contribution in [1.82, 2.24) is 4.57 Å². The van der Waals surface area contributed by atoms with Crippen LogP contribution in [0.5, 0.6) is 0 Å². The van der Waals surface area contributed by atoms with Crippen molar-refractivity contribution in [3.8, 4) is 0 Å². The largest absolute Gasteiger partial charge is 0.349 e. The van der Waals surface area contributed by atoms with E-state index in [4.69, 9.17) is 5.73 Å². The second-order valence-corrected chi connectivity index (χ2v) is 6.35. The number of nitrogens with two attached hydrogens (primary N) is 1. The molecule has 1 aliphatic rings. The van der Waals surface area contributed by atoms with Gasteiger partial charge in [0, 0.05) is 29.5 Å². The minimum absolute atomic E-state index is 0.158. The van der Waals surface area contributed by atoms with Gasteiger partial charge in [-0.3, -0.25) is 0 Å². The Morgan fingerprint density at radius 2 is 2.15 bits per heavy atom. The van der Waals surface area contributed by atoms with Crippen LogP contribution in [-0.2, 0) is 13.0 Å². The van der Waals surface area contributed by atoms with Crippen molar-refractivity contribution < 1.29 is 4.39 Å². The zero-order chi connectivity index (χ0) is 14.1. The molecule has 0 fully saturated rings. The van der Waals surface area contributed by atoms with E-state index in [-0.39, 0.29) is 11.9 Å². The van der Waals surface area contributed by atoms with Gasteiger partial charge in [0.15, 0.2) is 0 Å². The molecule has 0 aliphatic heterocycles. The van der Waals surface area contributed by atoms with Crippen LogP contribution in [0.4, 0.5) is 4.39 Å². The van der Waals surface area contributed by atoms with Gasteiger partial charge in [-0.1, -0.05) is 28.4 Å². The average molecular weight is 337 g/mol. The summed E-state index contributed by atoms with van der Waals surface area (Å²) in [5.74, 6) is -0.217. The molecule has 2 N–H and O–H groups in total. The third-order valence-electron chi connectivity index (χ3n) is 3.98. The van der Waals surface area contributed by atoms with Crippen molar-refractivity contribution in [1.29, 1.82) is 0 Å². The Hall–Kier alpha value is -1.13. The molecule has 2 nitrogen and oxygen atoms in total. The lowest BCUT2D eigenvalue weighted by Crippen LogP contribution is -2.09. The van der Waals surface area contributed by atoms with E-state index in [1.54, 1.807) is 0 Å². The molecule has 0 saturated heterocycles. The lowest BCUT2D eigenvalue weighted by atomic mass is 10.1. The summed E-state index contributed by atoms with van der Waals surface area (Å²) in [6.07, 6.45) is 8.94. The summed E-state index contributed by atoms with van der Waals surface area (Å²) < 4.78 is 16.1. The number of hydrogen-bond acceptors (Lipinski definition) is 1.